The first-order chi connectivity index (χ1) is 45.6. The predicted molar refractivity (Wildman–Crippen MR) is 386 cm³/mol. The molecule has 0 aromatic carbocycles. The van der Waals surface area contributed by atoms with Gasteiger partial charge in [-0.2, -0.15) is 0 Å². The van der Waals surface area contributed by atoms with E-state index < -0.39 is 97.5 Å². The van der Waals surface area contributed by atoms with Gasteiger partial charge in [0.2, 0.25) is 0 Å². The van der Waals surface area contributed by atoms with Crippen LogP contribution in [0.15, 0.2) is 0 Å². The maximum Gasteiger partial charge on any atom is 0.472 e. The highest BCUT2D eigenvalue weighted by molar-refractivity contribution is 7.47. The van der Waals surface area contributed by atoms with Gasteiger partial charge in [-0.15, -0.1) is 0 Å². The molecule has 0 heterocycles. The third-order valence-corrected chi connectivity index (χ3v) is 19.5. The van der Waals surface area contributed by atoms with Gasteiger partial charge in [0.15, 0.2) is 12.2 Å². The average Bonchev–Trinajstić information content (AvgIpc) is 3.17. The molecule has 17 nitrogen and oxygen atoms in total. The number of aliphatic hydroxyl groups is 1. The zero-order chi connectivity index (χ0) is 70.3. The van der Waals surface area contributed by atoms with Crippen LogP contribution in [0.5, 0.6) is 0 Å². The van der Waals surface area contributed by atoms with E-state index in [2.05, 4.69) is 55.4 Å². The number of phosphoric ester groups is 2. The summed E-state index contributed by atoms with van der Waals surface area (Å²) in [5.41, 5.74) is 0. The predicted octanol–water partition coefficient (Wildman–Crippen LogP) is 22.0. The summed E-state index contributed by atoms with van der Waals surface area (Å²) in [7, 11) is -9.91. The van der Waals surface area contributed by atoms with Crippen molar-refractivity contribution in [2.75, 3.05) is 39.6 Å². The molecule has 0 saturated heterocycles. The topological polar surface area (TPSA) is 237 Å². The summed E-state index contributed by atoms with van der Waals surface area (Å²) in [5.74, 6) is 0.887. The van der Waals surface area contributed by atoms with Crippen molar-refractivity contribution in [3.63, 3.8) is 0 Å². The lowest BCUT2D eigenvalue weighted by Crippen LogP contribution is -2.30. The van der Waals surface area contributed by atoms with Crippen molar-refractivity contribution in [3.05, 3.63) is 0 Å². The van der Waals surface area contributed by atoms with Crippen molar-refractivity contribution in [1.29, 1.82) is 0 Å². The van der Waals surface area contributed by atoms with E-state index in [0.717, 1.165) is 114 Å². The highest BCUT2D eigenvalue weighted by atomic mass is 31.2. The Bertz CT molecular complexity index is 1870. The van der Waals surface area contributed by atoms with Gasteiger partial charge in [0.25, 0.3) is 0 Å². The van der Waals surface area contributed by atoms with E-state index >= 15 is 0 Å². The van der Waals surface area contributed by atoms with E-state index in [1.807, 2.05) is 0 Å². The number of hydrogen-bond donors (Lipinski definition) is 3. The van der Waals surface area contributed by atoms with Crippen molar-refractivity contribution in [3.8, 4) is 0 Å². The number of carbonyl (C=O) groups excluding carboxylic acids is 4. The van der Waals surface area contributed by atoms with Gasteiger partial charge in [0.1, 0.15) is 19.3 Å². The molecule has 0 aliphatic heterocycles. The molecule has 3 N–H and O–H groups in total. The molecule has 0 rings (SSSR count). The fraction of sp³-hybridized carbons (Fsp3) is 0.947. The average molecular weight is 1400 g/mol. The fourth-order valence-electron chi connectivity index (χ4n) is 11.6. The fourth-order valence-corrected chi connectivity index (χ4v) is 13.1. The minimum atomic E-state index is -4.96. The van der Waals surface area contributed by atoms with E-state index in [1.54, 1.807) is 0 Å². The molecule has 0 aromatic heterocycles. The molecular weight excluding hydrogens is 1250 g/mol. The SMILES string of the molecule is CC(C)CCCCCCCCCCCCCCCCCC(=O)O[C@H](COC(=O)CCCCCCCCC(C)C)COP(=O)(O)OCC(O)COP(=O)(O)OC[C@@H](COC(=O)CCCCCCCCCCCCCCCC(C)C)OC(=O)CCCCCCCCCCCC(C)C. The Morgan fingerprint density at radius 2 is 0.442 bits per heavy atom. The van der Waals surface area contributed by atoms with Crippen LogP contribution in [-0.4, -0.2) is 96.7 Å². The molecule has 3 unspecified atom stereocenters. The van der Waals surface area contributed by atoms with Crippen LogP contribution < -0.4 is 0 Å². The number of aliphatic hydroxyl groups excluding tert-OH is 1. The molecular formula is C76H148O17P2. The lowest BCUT2D eigenvalue weighted by Gasteiger charge is -2.21. The number of rotatable bonds is 73. The number of carbonyl (C=O) groups is 4. The second-order valence-corrected chi connectivity index (χ2v) is 32.2. The molecule has 0 aliphatic carbocycles. The van der Waals surface area contributed by atoms with Crippen LogP contribution in [0.1, 0.15) is 383 Å². The van der Waals surface area contributed by atoms with Gasteiger partial charge in [-0.25, -0.2) is 9.13 Å². The molecule has 0 amide bonds. The Morgan fingerprint density at radius 3 is 0.653 bits per heavy atom. The van der Waals surface area contributed by atoms with Crippen LogP contribution in [0.4, 0.5) is 0 Å². The normalized spacial score (nSPS) is 14.1. The molecule has 0 fully saturated rings. The second-order valence-electron chi connectivity index (χ2n) is 29.3. The van der Waals surface area contributed by atoms with E-state index in [4.69, 9.17) is 37.0 Å². The van der Waals surface area contributed by atoms with Crippen molar-refractivity contribution in [1.82, 2.24) is 0 Å². The molecule has 95 heavy (non-hydrogen) atoms. The number of esters is 4. The summed E-state index contributed by atoms with van der Waals surface area (Å²) in [5, 5.41) is 10.6. The van der Waals surface area contributed by atoms with E-state index in [1.165, 1.54) is 180 Å². The zero-order valence-electron chi connectivity index (χ0n) is 62.3. The zero-order valence-corrected chi connectivity index (χ0v) is 64.1. The standard InChI is InChI=1S/C76H148O17P2/c1-66(2)52-44-36-28-22-17-13-10-9-11-15-20-26-32-42-50-58-75(80)93-72(63-87-74(79)57-49-41-35-34-39-47-55-69(7)8)65-91-95(84,85)89-61-70(77)60-88-94(82,83)90-64-71(92-76(81)59-51-43-33-27-21-24-30-38-46-54-68(5)6)62-86-73(78)56-48-40-31-25-19-16-12-14-18-23-29-37-45-53-67(3)4/h66-72,77H,9-65H2,1-8H3,(H,82,83)(H,84,85)/t70?,71-,72-/m1/s1. The number of ether oxygens (including phenoxy) is 4. The van der Waals surface area contributed by atoms with Gasteiger partial charge < -0.3 is 33.8 Å². The summed E-state index contributed by atoms with van der Waals surface area (Å²) in [6, 6.07) is 0. The molecule has 564 valence electrons. The number of unbranched alkanes of at least 4 members (excludes halogenated alkanes) is 39. The first-order valence-corrected chi connectivity index (χ1v) is 42.2. The minimum absolute atomic E-state index is 0.105. The Labute approximate surface area is 581 Å². The van der Waals surface area contributed by atoms with Crippen molar-refractivity contribution >= 4 is 39.5 Å². The molecule has 0 aliphatic rings. The molecule has 19 heteroatoms. The summed E-state index contributed by atoms with van der Waals surface area (Å²) < 4.78 is 68.5. The largest absolute Gasteiger partial charge is 0.472 e. The highest BCUT2D eigenvalue weighted by Gasteiger charge is 2.30. The van der Waals surface area contributed by atoms with E-state index in [-0.39, 0.29) is 25.7 Å². The Hall–Kier alpha value is -1.94. The monoisotopic (exact) mass is 1400 g/mol. The van der Waals surface area contributed by atoms with Crippen LogP contribution in [-0.2, 0) is 65.4 Å². The molecule has 0 bridgehead atoms. The second kappa shape index (κ2) is 65.4. The van der Waals surface area contributed by atoms with Gasteiger partial charge in [-0.3, -0.25) is 37.3 Å². The molecule has 0 saturated carbocycles. The first kappa shape index (κ1) is 93.1. The molecule has 0 radical (unpaired) electrons. The highest BCUT2D eigenvalue weighted by Crippen LogP contribution is 2.45. The van der Waals surface area contributed by atoms with Gasteiger partial charge in [-0.05, 0) is 49.4 Å². The molecule has 0 aromatic rings. The van der Waals surface area contributed by atoms with Gasteiger partial charge >= 0.3 is 39.5 Å². The summed E-state index contributed by atoms with van der Waals surface area (Å²) in [4.78, 5) is 72.8. The smallest absolute Gasteiger partial charge is 0.462 e. The van der Waals surface area contributed by atoms with Crippen molar-refractivity contribution in [2.24, 2.45) is 23.7 Å². The van der Waals surface area contributed by atoms with Crippen LogP contribution in [0, 0.1) is 23.7 Å². The van der Waals surface area contributed by atoms with E-state index in [9.17, 15) is 43.2 Å². The summed E-state index contributed by atoms with van der Waals surface area (Å²) in [6.07, 6.45) is 50.1. The first-order valence-electron chi connectivity index (χ1n) is 39.2. The van der Waals surface area contributed by atoms with E-state index in [0.29, 0.717) is 31.6 Å². The van der Waals surface area contributed by atoms with Crippen molar-refractivity contribution < 1.29 is 80.2 Å². The van der Waals surface area contributed by atoms with Gasteiger partial charge in [0, 0.05) is 25.7 Å². The molecule has 5 atom stereocenters. The lowest BCUT2D eigenvalue weighted by molar-refractivity contribution is -0.161. The van der Waals surface area contributed by atoms with Crippen molar-refractivity contribution in [2.45, 2.75) is 401 Å². The minimum Gasteiger partial charge on any atom is -0.462 e. The van der Waals surface area contributed by atoms with Crippen LogP contribution in [0.25, 0.3) is 0 Å². The number of phosphoric acid groups is 2. The maximum absolute atomic E-state index is 13.1. The summed E-state index contributed by atoms with van der Waals surface area (Å²) >= 11 is 0. The summed E-state index contributed by atoms with van der Waals surface area (Å²) in [6.45, 7) is 14.1. The van der Waals surface area contributed by atoms with Gasteiger partial charge in [0.05, 0.1) is 26.4 Å². The van der Waals surface area contributed by atoms with Crippen LogP contribution >= 0.6 is 15.6 Å². The molecule has 0 spiro atoms. The number of hydrogen-bond acceptors (Lipinski definition) is 15. The van der Waals surface area contributed by atoms with Gasteiger partial charge in [-0.1, -0.05) is 331 Å². The Balaban J connectivity index is 5.20. The Morgan fingerprint density at radius 1 is 0.263 bits per heavy atom. The maximum atomic E-state index is 13.1. The third-order valence-electron chi connectivity index (χ3n) is 17.6. The quantitative estimate of drug-likeness (QED) is 0.0222. The van der Waals surface area contributed by atoms with Crippen LogP contribution in [0.2, 0.25) is 0 Å². The van der Waals surface area contributed by atoms with Crippen LogP contribution in [0.3, 0.4) is 0 Å². The third kappa shape index (κ3) is 70.3. The Kier molecular flexibility index (Phi) is 64.0. The lowest BCUT2D eigenvalue weighted by atomic mass is 10.0.